The molecule has 114 valence electrons. The molecule has 1 heterocycles. The van der Waals surface area contributed by atoms with E-state index >= 15 is 0 Å². The summed E-state index contributed by atoms with van der Waals surface area (Å²) < 4.78 is 0. The molecular weight excluding hydrogens is 306 g/mol. The molecule has 3 rings (SSSR count). The molecule has 0 aliphatic rings. The number of anilines is 1. The Bertz CT molecular complexity index is 826. The maximum Gasteiger partial charge on any atom is 0.258 e. The Kier molecular flexibility index (Phi) is 4.59. The minimum atomic E-state index is -0.198. The zero-order chi connectivity index (χ0) is 16.1. The highest BCUT2D eigenvalue weighted by Gasteiger charge is 2.14. The van der Waals surface area contributed by atoms with Crippen LogP contribution >= 0.6 is 11.3 Å². The maximum absolute atomic E-state index is 12.7. The van der Waals surface area contributed by atoms with E-state index in [1.165, 1.54) is 11.3 Å². The molecule has 1 aromatic heterocycles. The summed E-state index contributed by atoms with van der Waals surface area (Å²) in [5.41, 5.74) is 2.41. The average Bonchev–Trinajstić information content (AvgIpc) is 2.99. The molecule has 5 heteroatoms. The predicted octanol–water partition coefficient (Wildman–Crippen LogP) is 4.03. The second-order valence-corrected chi connectivity index (χ2v) is 6.10. The number of hydrogen-bond acceptors (Lipinski definition) is 4. The second kappa shape index (κ2) is 6.98. The first-order valence-corrected chi connectivity index (χ1v) is 7.97. The quantitative estimate of drug-likeness (QED) is 0.583. The summed E-state index contributed by atoms with van der Waals surface area (Å²) in [6.45, 7) is 1.85. The van der Waals surface area contributed by atoms with E-state index in [2.05, 4.69) is 15.5 Å². The fraction of sp³-hybridized carbons (Fsp3) is 0.0556. The van der Waals surface area contributed by atoms with Gasteiger partial charge in [-0.2, -0.15) is 0 Å². The molecule has 0 aliphatic heterocycles. The van der Waals surface area contributed by atoms with Gasteiger partial charge in [0.15, 0.2) is 0 Å². The lowest BCUT2D eigenvalue weighted by atomic mass is 10.0. The van der Waals surface area contributed by atoms with Crippen molar-refractivity contribution in [3.63, 3.8) is 0 Å². The summed E-state index contributed by atoms with van der Waals surface area (Å²) in [6, 6.07) is 19.4. The maximum atomic E-state index is 12.7. The van der Waals surface area contributed by atoms with Crippen LogP contribution in [0.2, 0.25) is 0 Å². The fourth-order valence-electron chi connectivity index (χ4n) is 2.13. The lowest BCUT2D eigenvalue weighted by Crippen LogP contribution is -2.13. The van der Waals surface area contributed by atoms with E-state index in [-0.39, 0.29) is 5.91 Å². The smallest absolute Gasteiger partial charge is 0.258 e. The molecule has 0 radical (unpaired) electrons. The first-order valence-electron chi connectivity index (χ1n) is 7.16. The van der Waals surface area contributed by atoms with Crippen LogP contribution < -0.4 is 5.32 Å². The molecule has 0 aliphatic carbocycles. The molecule has 23 heavy (non-hydrogen) atoms. The first-order chi connectivity index (χ1) is 11.2. The number of carbonyl (C=O) groups is 1. The van der Waals surface area contributed by atoms with E-state index in [1.807, 2.05) is 73.7 Å². The van der Waals surface area contributed by atoms with Crippen molar-refractivity contribution in [3.8, 4) is 0 Å². The summed E-state index contributed by atoms with van der Waals surface area (Å²) in [5, 5.41) is 12.0. The highest BCUT2D eigenvalue weighted by Crippen LogP contribution is 2.22. The van der Waals surface area contributed by atoms with Crippen LogP contribution in [-0.4, -0.2) is 16.1 Å². The molecule has 1 amide bonds. The minimum Gasteiger partial charge on any atom is -0.296 e. The van der Waals surface area contributed by atoms with Crippen LogP contribution in [0, 0.1) is 6.92 Å². The van der Waals surface area contributed by atoms with E-state index in [4.69, 9.17) is 0 Å². The first kappa shape index (κ1) is 15.1. The highest BCUT2D eigenvalue weighted by atomic mass is 32.1. The summed E-state index contributed by atoms with van der Waals surface area (Å²) in [6.07, 6.45) is 1.87. The van der Waals surface area contributed by atoms with Gasteiger partial charge >= 0.3 is 0 Å². The molecule has 3 aromatic rings. The Balaban J connectivity index is 1.95. The lowest BCUT2D eigenvalue weighted by Gasteiger charge is -2.07. The van der Waals surface area contributed by atoms with Gasteiger partial charge < -0.3 is 0 Å². The van der Waals surface area contributed by atoms with Gasteiger partial charge in [-0.3, -0.25) is 10.1 Å². The zero-order valence-electron chi connectivity index (χ0n) is 12.6. The van der Waals surface area contributed by atoms with Gasteiger partial charge in [-0.15, -0.1) is 10.2 Å². The lowest BCUT2D eigenvalue weighted by molar-refractivity contribution is -0.111. The molecule has 0 fully saturated rings. The van der Waals surface area contributed by atoms with Crippen molar-refractivity contribution in [1.29, 1.82) is 0 Å². The monoisotopic (exact) mass is 321 g/mol. The number of nitrogens with zero attached hydrogens (tertiary/aromatic N) is 2. The molecule has 0 atom stereocenters. The summed E-state index contributed by atoms with van der Waals surface area (Å²) in [7, 11) is 0. The molecule has 2 aromatic carbocycles. The van der Waals surface area contributed by atoms with Crippen molar-refractivity contribution >= 4 is 34.0 Å². The standard InChI is InChI=1S/C18H15N3OS/c1-13-20-21-18(23-13)19-17(22)16(15-10-6-3-7-11-15)12-14-8-4-2-5-9-14/h2-12H,1H3,(H,19,21,22)/b16-12+. The molecule has 0 bridgehead atoms. The molecular formula is C18H15N3OS. The van der Waals surface area contributed by atoms with Gasteiger partial charge in [-0.25, -0.2) is 0 Å². The van der Waals surface area contributed by atoms with Crippen LogP contribution in [0.1, 0.15) is 16.1 Å². The van der Waals surface area contributed by atoms with Crippen LogP contribution in [0.4, 0.5) is 5.13 Å². The second-order valence-electron chi connectivity index (χ2n) is 4.92. The van der Waals surface area contributed by atoms with Crippen LogP contribution in [0.5, 0.6) is 0 Å². The Labute approximate surface area is 138 Å². The summed E-state index contributed by atoms with van der Waals surface area (Å²) >= 11 is 1.35. The average molecular weight is 321 g/mol. The number of benzene rings is 2. The summed E-state index contributed by atoms with van der Waals surface area (Å²) in [5.74, 6) is -0.198. The molecule has 0 spiro atoms. The van der Waals surface area contributed by atoms with E-state index in [9.17, 15) is 4.79 Å². The van der Waals surface area contributed by atoms with E-state index in [0.29, 0.717) is 10.7 Å². The molecule has 0 saturated heterocycles. The number of hydrogen-bond donors (Lipinski definition) is 1. The van der Waals surface area contributed by atoms with Crippen molar-refractivity contribution in [2.24, 2.45) is 0 Å². The van der Waals surface area contributed by atoms with Crippen molar-refractivity contribution in [3.05, 3.63) is 76.8 Å². The van der Waals surface area contributed by atoms with E-state index in [0.717, 1.165) is 16.1 Å². The van der Waals surface area contributed by atoms with Crippen LogP contribution in [0.3, 0.4) is 0 Å². The van der Waals surface area contributed by atoms with E-state index < -0.39 is 0 Å². The number of amides is 1. The third-order valence-corrected chi connectivity index (χ3v) is 3.94. The Morgan fingerprint density at radius 2 is 1.65 bits per heavy atom. The molecule has 0 saturated carbocycles. The van der Waals surface area contributed by atoms with Crippen molar-refractivity contribution in [2.45, 2.75) is 6.92 Å². The van der Waals surface area contributed by atoms with Gasteiger partial charge in [-0.05, 0) is 24.1 Å². The zero-order valence-corrected chi connectivity index (χ0v) is 13.4. The van der Waals surface area contributed by atoms with Crippen molar-refractivity contribution in [1.82, 2.24) is 10.2 Å². The third kappa shape index (κ3) is 3.90. The molecule has 1 N–H and O–H groups in total. The Morgan fingerprint density at radius 3 is 2.26 bits per heavy atom. The van der Waals surface area contributed by atoms with Crippen LogP contribution in [0.25, 0.3) is 11.6 Å². The van der Waals surface area contributed by atoms with Gasteiger partial charge in [0.05, 0.1) is 0 Å². The largest absolute Gasteiger partial charge is 0.296 e. The van der Waals surface area contributed by atoms with E-state index in [1.54, 1.807) is 0 Å². The van der Waals surface area contributed by atoms with Gasteiger partial charge in [0.2, 0.25) is 5.13 Å². The number of aryl methyl sites for hydroxylation is 1. The predicted molar refractivity (Wildman–Crippen MR) is 94.0 cm³/mol. The Morgan fingerprint density at radius 1 is 1.00 bits per heavy atom. The number of rotatable bonds is 4. The van der Waals surface area contributed by atoms with Crippen LogP contribution in [0.15, 0.2) is 60.7 Å². The fourth-order valence-corrected chi connectivity index (χ4v) is 2.71. The van der Waals surface area contributed by atoms with Crippen LogP contribution in [-0.2, 0) is 4.79 Å². The Hall–Kier alpha value is -2.79. The number of aromatic nitrogens is 2. The van der Waals surface area contributed by atoms with Crippen molar-refractivity contribution < 1.29 is 4.79 Å². The van der Waals surface area contributed by atoms with Gasteiger partial charge in [0.1, 0.15) is 5.01 Å². The van der Waals surface area contributed by atoms with Gasteiger partial charge in [0, 0.05) is 5.57 Å². The number of carbonyl (C=O) groups excluding carboxylic acids is 1. The third-order valence-electron chi connectivity index (χ3n) is 3.19. The van der Waals surface area contributed by atoms with Crippen molar-refractivity contribution in [2.75, 3.05) is 5.32 Å². The van der Waals surface area contributed by atoms with Gasteiger partial charge in [-0.1, -0.05) is 72.0 Å². The molecule has 0 unspecified atom stereocenters. The SMILES string of the molecule is Cc1nnc(NC(=O)/C(=C/c2ccccc2)c2ccccc2)s1. The highest BCUT2D eigenvalue weighted by molar-refractivity contribution is 7.15. The summed E-state index contributed by atoms with van der Waals surface area (Å²) in [4.78, 5) is 12.7. The topological polar surface area (TPSA) is 54.9 Å². The minimum absolute atomic E-state index is 0.198. The van der Waals surface area contributed by atoms with Gasteiger partial charge in [0.25, 0.3) is 5.91 Å². The normalized spacial score (nSPS) is 11.3. The number of nitrogens with one attached hydrogen (secondary N) is 1. The molecule has 4 nitrogen and oxygen atoms in total.